The topological polar surface area (TPSA) is 26.0 Å². The zero-order chi connectivity index (χ0) is 10.0. The van der Waals surface area contributed by atoms with E-state index in [4.69, 9.17) is 5.73 Å². The van der Waals surface area contributed by atoms with Crippen LogP contribution in [0.15, 0.2) is 18.2 Å². The minimum absolute atomic E-state index is 0. The lowest BCUT2D eigenvalue weighted by Gasteiger charge is -2.18. The fourth-order valence-corrected chi connectivity index (χ4v) is 1.48. The Morgan fingerprint density at radius 1 is 1.14 bits per heavy atom. The van der Waals surface area contributed by atoms with Crippen LogP contribution in [0, 0.1) is 19.8 Å². The number of halogens is 1. The van der Waals surface area contributed by atoms with Crippen molar-refractivity contribution in [1.82, 2.24) is 0 Å². The zero-order valence-corrected chi connectivity index (χ0v) is 10.2. The number of hydrogen-bond acceptors (Lipinski definition) is 1. The van der Waals surface area contributed by atoms with Gasteiger partial charge in [-0.3, -0.25) is 0 Å². The standard InChI is InChI=1S/C12H19N.ClH/c1-8(2)12(13)11-7-9(3)5-6-10(11)4;/h5-8,12H,13H2,1-4H3;1H/t12-;/m0./s1. The largest absolute Gasteiger partial charge is 0.324 e. The maximum absolute atomic E-state index is 6.11. The first-order chi connectivity index (χ1) is 6.02. The second-order valence-electron chi connectivity index (χ2n) is 4.13. The van der Waals surface area contributed by atoms with E-state index in [1.54, 1.807) is 0 Å². The van der Waals surface area contributed by atoms with Crippen molar-refractivity contribution in [2.24, 2.45) is 11.7 Å². The van der Waals surface area contributed by atoms with Crippen molar-refractivity contribution < 1.29 is 0 Å². The number of aryl methyl sites for hydroxylation is 2. The molecule has 0 unspecified atom stereocenters. The van der Waals surface area contributed by atoms with Crippen LogP contribution in [0.1, 0.15) is 36.6 Å². The molecule has 0 fully saturated rings. The van der Waals surface area contributed by atoms with Crippen molar-refractivity contribution in [2.45, 2.75) is 33.7 Å². The third-order valence-electron chi connectivity index (χ3n) is 2.51. The van der Waals surface area contributed by atoms with Crippen LogP contribution in [-0.4, -0.2) is 0 Å². The van der Waals surface area contributed by atoms with Crippen LogP contribution < -0.4 is 5.73 Å². The second-order valence-corrected chi connectivity index (χ2v) is 4.13. The van der Waals surface area contributed by atoms with E-state index in [1.807, 2.05) is 0 Å². The molecule has 0 saturated heterocycles. The smallest absolute Gasteiger partial charge is 0.0320 e. The molecule has 80 valence electrons. The van der Waals surface area contributed by atoms with Crippen molar-refractivity contribution in [3.63, 3.8) is 0 Å². The van der Waals surface area contributed by atoms with Gasteiger partial charge in [0, 0.05) is 6.04 Å². The van der Waals surface area contributed by atoms with E-state index in [1.165, 1.54) is 16.7 Å². The van der Waals surface area contributed by atoms with Crippen LogP contribution in [0.5, 0.6) is 0 Å². The fraction of sp³-hybridized carbons (Fsp3) is 0.500. The summed E-state index contributed by atoms with van der Waals surface area (Å²) in [6.45, 7) is 8.55. The molecule has 0 aliphatic rings. The molecule has 2 heteroatoms. The van der Waals surface area contributed by atoms with Crippen LogP contribution >= 0.6 is 12.4 Å². The monoisotopic (exact) mass is 213 g/mol. The summed E-state index contributed by atoms with van der Waals surface area (Å²) < 4.78 is 0. The molecule has 1 nitrogen and oxygen atoms in total. The summed E-state index contributed by atoms with van der Waals surface area (Å²) in [5.41, 5.74) is 9.98. The molecule has 1 rings (SSSR count). The molecule has 0 spiro atoms. The van der Waals surface area contributed by atoms with E-state index in [0.29, 0.717) is 5.92 Å². The van der Waals surface area contributed by atoms with Crippen molar-refractivity contribution in [3.8, 4) is 0 Å². The van der Waals surface area contributed by atoms with Crippen LogP contribution in [0.4, 0.5) is 0 Å². The predicted molar refractivity (Wildman–Crippen MR) is 64.9 cm³/mol. The van der Waals surface area contributed by atoms with Gasteiger partial charge in [0.05, 0.1) is 0 Å². The molecule has 0 amide bonds. The van der Waals surface area contributed by atoms with Gasteiger partial charge >= 0.3 is 0 Å². The molecule has 0 radical (unpaired) electrons. The SMILES string of the molecule is Cc1ccc(C)c([C@@H](N)C(C)C)c1.Cl. The summed E-state index contributed by atoms with van der Waals surface area (Å²) in [7, 11) is 0. The van der Waals surface area contributed by atoms with E-state index in [-0.39, 0.29) is 18.4 Å². The number of hydrogen-bond donors (Lipinski definition) is 1. The van der Waals surface area contributed by atoms with Gasteiger partial charge in [-0.15, -0.1) is 12.4 Å². The third kappa shape index (κ3) is 3.00. The molecule has 1 aromatic rings. The Balaban J connectivity index is 0.00000169. The Morgan fingerprint density at radius 2 is 1.71 bits per heavy atom. The van der Waals surface area contributed by atoms with Gasteiger partial charge < -0.3 is 5.73 Å². The first-order valence-corrected chi connectivity index (χ1v) is 4.85. The highest BCUT2D eigenvalue weighted by Crippen LogP contribution is 2.22. The molecular formula is C12H20ClN. The number of rotatable bonds is 2. The molecule has 2 N–H and O–H groups in total. The molecule has 0 aliphatic carbocycles. The summed E-state index contributed by atoms with van der Waals surface area (Å²) >= 11 is 0. The molecule has 14 heavy (non-hydrogen) atoms. The van der Waals surface area contributed by atoms with Gasteiger partial charge in [0.25, 0.3) is 0 Å². The molecule has 1 atom stereocenters. The Morgan fingerprint density at radius 3 is 2.21 bits per heavy atom. The predicted octanol–water partition coefficient (Wildman–Crippen LogP) is 3.38. The number of benzene rings is 1. The van der Waals surface area contributed by atoms with Gasteiger partial charge in [-0.2, -0.15) is 0 Å². The molecular weight excluding hydrogens is 194 g/mol. The molecule has 1 aromatic carbocycles. The summed E-state index contributed by atoms with van der Waals surface area (Å²) in [5.74, 6) is 0.500. The molecule has 0 heterocycles. The summed E-state index contributed by atoms with van der Waals surface area (Å²) in [6.07, 6.45) is 0. The van der Waals surface area contributed by atoms with E-state index in [0.717, 1.165) is 0 Å². The lowest BCUT2D eigenvalue weighted by Crippen LogP contribution is -2.17. The van der Waals surface area contributed by atoms with Gasteiger partial charge in [-0.25, -0.2) is 0 Å². The molecule has 0 saturated carbocycles. The maximum Gasteiger partial charge on any atom is 0.0320 e. The molecule has 0 aliphatic heterocycles. The van der Waals surface area contributed by atoms with E-state index in [2.05, 4.69) is 45.9 Å². The van der Waals surface area contributed by atoms with Crippen molar-refractivity contribution >= 4 is 12.4 Å². The zero-order valence-electron chi connectivity index (χ0n) is 9.37. The minimum atomic E-state index is 0. The van der Waals surface area contributed by atoms with Gasteiger partial charge in [-0.1, -0.05) is 37.6 Å². The van der Waals surface area contributed by atoms with E-state index in [9.17, 15) is 0 Å². The van der Waals surface area contributed by atoms with Gasteiger partial charge in [0.2, 0.25) is 0 Å². The third-order valence-corrected chi connectivity index (χ3v) is 2.51. The first kappa shape index (κ1) is 13.5. The fourth-order valence-electron chi connectivity index (χ4n) is 1.48. The first-order valence-electron chi connectivity index (χ1n) is 4.85. The van der Waals surface area contributed by atoms with Crippen LogP contribution in [0.25, 0.3) is 0 Å². The highest BCUT2D eigenvalue weighted by Gasteiger charge is 2.12. The van der Waals surface area contributed by atoms with E-state index < -0.39 is 0 Å². The van der Waals surface area contributed by atoms with Crippen molar-refractivity contribution in [3.05, 3.63) is 34.9 Å². The number of nitrogens with two attached hydrogens (primary N) is 1. The lowest BCUT2D eigenvalue weighted by molar-refractivity contribution is 0.512. The lowest BCUT2D eigenvalue weighted by atomic mass is 9.92. The van der Waals surface area contributed by atoms with Crippen molar-refractivity contribution in [2.75, 3.05) is 0 Å². The quantitative estimate of drug-likeness (QED) is 0.801. The summed E-state index contributed by atoms with van der Waals surface area (Å²) in [4.78, 5) is 0. The Labute approximate surface area is 93.1 Å². The second kappa shape index (κ2) is 5.38. The summed E-state index contributed by atoms with van der Waals surface area (Å²) in [6, 6.07) is 6.64. The van der Waals surface area contributed by atoms with Crippen LogP contribution in [0.3, 0.4) is 0 Å². The van der Waals surface area contributed by atoms with Crippen LogP contribution in [-0.2, 0) is 0 Å². The van der Waals surface area contributed by atoms with E-state index >= 15 is 0 Å². The highest BCUT2D eigenvalue weighted by atomic mass is 35.5. The molecule has 0 bridgehead atoms. The highest BCUT2D eigenvalue weighted by molar-refractivity contribution is 5.85. The van der Waals surface area contributed by atoms with Gasteiger partial charge in [0.1, 0.15) is 0 Å². The summed E-state index contributed by atoms with van der Waals surface area (Å²) in [5, 5.41) is 0. The minimum Gasteiger partial charge on any atom is -0.324 e. The molecule has 0 aromatic heterocycles. The Hall–Kier alpha value is -0.530. The Bertz CT molecular complexity index is 294. The normalized spacial score (nSPS) is 12.4. The average molecular weight is 214 g/mol. The van der Waals surface area contributed by atoms with Crippen molar-refractivity contribution in [1.29, 1.82) is 0 Å². The van der Waals surface area contributed by atoms with Crippen LogP contribution in [0.2, 0.25) is 0 Å². The Kier molecular flexibility index (Phi) is 5.17. The maximum atomic E-state index is 6.11. The van der Waals surface area contributed by atoms with Gasteiger partial charge in [-0.05, 0) is 30.9 Å². The average Bonchev–Trinajstić information content (AvgIpc) is 2.08. The van der Waals surface area contributed by atoms with Gasteiger partial charge in [0.15, 0.2) is 0 Å².